The summed E-state index contributed by atoms with van der Waals surface area (Å²) < 4.78 is 0. The Kier molecular flexibility index (Phi) is 4.73. The highest BCUT2D eigenvalue weighted by Gasteiger charge is 2.00. The van der Waals surface area contributed by atoms with Crippen LogP contribution in [0.5, 0.6) is 0 Å². The number of aromatic nitrogens is 2. The molecule has 0 bridgehead atoms. The minimum Gasteiger partial charge on any atom is -0.382 e. The van der Waals surface area contributed by atoms with Gasteiger partial charge in [-0.1, -0.05) is 20.3 Å². The van der Waals surface area contributed by atoms with E-state index in [0.29, 0.717) is 5.82 Å². The van der Waals surface area contributed by atoms with Gasteiger partial charge >= 0.3 is 0 Å². The van der Waals surface area contributed by atoms with Crippen LogP contribution in [0.4, 0.5) is 5.82 Å². The molecule has 2 N–H and O–H groups in total. The third-order valence-corrected chi connectivity index (χ3v) is 3.38. The minimum atomic E-state index is 0.487. The van der Waals surface area contributed by atoms with Crippen LogP contribution in [0.15, 0.2) is 12.4 Å². The van der Waals surface area contributed by atoms with E-state index in [9.17, 15) is 0 Å². The molecule has 14 heavy (non-hydrogen) atoms. The summed E-state index contributed by atoms with van der Waals surface area (Å²) in [6, 6.07) is 0. The summed E-state index contributed by atoms with van der Waals surface area (Å²) in [5.74, 6) is 3.38. The first-order valence-electron chi connectivity index (χ1n) is 4.86. The lowest BCUT2D eigenvalue weighted by atomic mass is 10.2. The maximum Gasteiger partial charge on any atom is 0.141 e. The van der Waals surface area contributed by atoms with Crippen LogP contribution in [-0.4, -0.2) is 15.7 Å². The molecule has 78 valence electrons. The van der Waals surface area contributed by atoms with Crippen molar-refractivity contribution < 1.29 is 0 Å². The number of rotatable bonds is 5. The number of anilines is 1. The number of hydrogen-bond donors (Lipinski definition) is 1. The predicted molar refractivity (Wildman–Crippen MR) is 62.1 cm³/mol. The Bertz CT molecular complexity index is 261. The Morgan fingerprint density at radius 1 is 1.43 bits per heavy atom. The normalized spacial score (nSPS) is 12.7. The van der Waals surface area contributed by atoms with Crippen LogP contribution in [-0.2, 0) is 5.75 Å². The van der Waals surface area contributed by atoms with Crippen LogP contribution in [0, 0.1) is 5.92 Å². The number of thioether (sulfide) groups is 1. The van der Waals surface area contributed by atoms with Gasteiger partial charge in [0.05, 0.1) is 18.1 Å². The van der Waals surface area contributed by atoms with Crippen LogP contribution >= 0.6 is 11.8 Å². The molecule has 1 unspecified atom stereocenters. The van der Waals surface area contributed by atoms with Gasteiger partial charge in [0.25, 0.3) is 0 Å². The van der Waals surface area contributed by atoms with Gasteiger partial charge in [-0.3, -0.25) is 4.98 Å². The first kappa shape index (κ1) is 11.3. The summed E-state index contributed by atoms with van der Waals surface area (Å²) in [5.41, 5.74) is 6.45. The molecule has 0 aliphatic rings. The first-order valence-corrected chi connectivity index (χ1v) is 6.02. The fourth-order valence-corrected chi connectivity index (χ4v) is 2.04. The third kappa shape index (κ3) is 3.96. The van der Waals surface area contributed by atoms with E-state index in [1.54, 1.807) is 12.4 Å². The van der Waals surface area contributed by atoms with Crippen LogP contribution in [0.25, 0.3) is 0 Å². The topological polar surface area (TPSA) is 51.8 Å². The molecule has 0 radical (unpaired) electrons. The van der Waals surface area contributed by atoms with E-state index in [4.69, 9.17) is 5.73 Å². The van der Waals surface area contributed by atoms with Crippen molar-refractivity contribution in [3.8, 4) is 0 Å². The molecule has 1 aromatic rings. The summed E-state index contributed by atoms with van der Waals surface area (Å²) in [6.07, 6.45) is 4.60. The molecule has 0 fully saturated rings. The molecule has 0 aromatic carbocycles. The quantitative estimate of drug-likeness (QED) is 0.812. The molecular formula is C10H17N3S. The lowest BCUT2D eigenvalue weighted by Crippen LogP contribution is -1.98. The fraction of sp³-hybridized carbons (Fsp3) is 0.600. The van der Waals surface area contributed by atoms with Gasteiger partial charge in [0.15, 0.2) is 0 Å². The summed E-state index contributed by atoms with van der Waals surface area (Å²) in [7, 11) is 0. The van der Waals surface area contributed by atoms with Gasteiger partial charge in [0.2, 0.25) is 0 Å². The van der Waals surface area contributed by atoms with E-state index in [0.717, 1.165) is 17.4 Å². The molecule has 1 heterocycles. The van der Waals surface area contributed by atoms with Crippen LogP contribution in [0.3, 0.4) is 0 Å². The molecule has 0 saturated heterocycles. The second-order valence-electron chi connectivity index (χ2n) is 3.46. The van der Waals surface area contributed by atoms with Gasteiger partial charge in [-0.05, 0) is 11.7 Å². The van der Waals surface area contributed by atoms with Crippen molar-refractivity contribution in [2.24, 2.45) is 5.92 Å². The van der Waals surface area contributed by atoms with Gasteiger partial charge < -0.3 is 5.73 Å². The van der Waals surface area contributed by atoms with Crippen LogP contribution in [0.2, 0.25) is 0 Å². The van der Waals surface area contributed by atoms with Crippen molar-refractivity contribution in [3.05, 3.63) is 18.1 Å². The molecular weight excluding hydrogens is 194 g/mol. The van der Waals surface area contributed by atoms with E-state index >= 15 is 0 Å². The average Bonchev–Trinajstić information content (AvgIpc) is 2.21. The number of nitrogens with zero attached hydrogens (tertiary/aromatic N) is 2. The van der Waals surface area contributed by atoms with E-state index in [1.165, 1.54) is 12.2 Å². The molecule has 1 atom stereocenters. The molecule has 0 aliphatic heterocycles. The molecule has 0 aliphatic carbocycles. The Labute approximate surface area is 89.5 Å². The van der Waals surface area contributed by atoms with E-state index in [-0.39, 0.29) is 0 Å². The minimum absolute atomic E-state index is 0.487. The zero-order valence-electron chi connectivity index (χ0n) is 8.73. The van der Waals surface area contributed by atoms with Crippen molar-refractivity contribution in [1.82, 2.24) is 9.97 Å². The summed E-state index contributed by atoms with van der Waals surface area (Å²) in [6.45, 7) is 4.48. The maximum atomic E-state index is 5.44. The van der Waals surface area contributed by atoms with Crippen molar-refractivity contribution in [2.45, 2.75) is 26.0 Å². The van der Waals surface area contributed by atoms with Gasteiger partial charge in [-0.15, -0.1) is 0 Å². The van der Waals surface area contributed by atoms with E-state index < -0.39 is 0 Å². The van der Waals surface area contributed by atoms with Gasteiger partial charge in [0, 0.05) is 5.75 Å². The fourth-order valence-electron chi connectivity index (χ4n) is 0.922. The Hall–Kier alpha value is -0.770. The van der Waals surface area contributed by atoms with Crippen molar-refractivity contribution in [3.63, 3.8) is 0 Å². The largest absolute Gasteiger partial charge is 0.382 e. The molecule has 3 nitrogen and oxygen atoms in total. The zero-order chi connectivity index (χ0) is 10.4. The zero-order valence-corrected chi connectivity index (χ0v) is 9.55. The lowest BCUT2D eigenvalue weighted by molar-refractivity contribution is 0.637. The molecule has 0 spiro atoms. The molecule has 1 aromatic heterocycles. The maximum absolute atomic E-state index is 5.44. The second kappa shape index (κ2) is 5.86. The molecule has 1 rings (SSSR count). The number of hydrogen-bond acceptors (Lipinski definition) is 4. The number of nitrogens with two attached hydrogens (primary N) is 1. The first-order chi connectivity index (χ1) is 6.72. The monoisotopic (exact) mass is 211 g/mol. The Morgan fingerprint density at radius 3 is 2.79 bits per heavy atom. The van der Waals surface area contributed by atoms with Gasteiger partial charge in [-0.2, -0.15) is 11.8 Å². The van der Waals surface area contributed by atoms with Crippen molar-refractivity contribution in [2.75, 3.05) is 11.5 Å². The Balaban J connectivity index is 2.28. The van der Waals surface area contributed by atoms with Crippen molar-refractivity contribution in [1.29, 1.82) is 0 Å². The van der Waals surface area contributed by atoms with Gasteiger partial charge in [-0.25, -0.2) is 4.98 Å². The molecule has 0 saturated carbocycles. The SMILES string of the molecule is CCC(C)CSCc1cnc(N)cn1. The van der Waals surface area contributed by atoms with E-state index in [2.05, 4.69) is 23.8 Å². The molecule has 0 amide bonds. The van der Waals surface area contributed by atoms with Crippen LogP contribution < -0.4 is 5.73 Å². The Morgan fingerprint density at radius 2 is 2.21 bits per heavy atom. The van der Waals surface area contributed by atoms with Crippen LogP contribution in [0.1, 0.15) is 26.0 Å². The summed E-state index contributed by atoms with van der Waals surface area (Å²) in [4.78, 5) is 8.19. The smallest absolute Gasteiger partial charge is 0.141 e. The summed E-state index contributed by atoms with van der Waals surface area (Å²) >= 11 is 1.90. The predicted octanol–water partition coefficient (Wildman–Crippen LogP) is 2.34. The highest BCUT2D eigenvalue weighted by Crippen LogP contribution is 2.15. The number of nitrogen functional groups attached to an aromatic ring is 1. The van der Waals surface area contributed by atoms with E-state index in [1.807, 2.05) is 11.8 Å². The highest BCUT2D eigenvalue weighted by atomic mass is 32.2. The summed E-state index contributed by atoms with van der Waals surface area (Å²) in [5, 5.41) is 0. The lowest BCUT2D eigenvalue weighted by Gasteiger charge is -2.06. The van der Waals surface area contributed by atoms with Gasteiger partial charge in [0.1, 0.15) is 5.82 Å². The second-order valence-corrected chi connectivity index (χ2v) is 4.49. The standard InChI is InChI=1S/C10H17N3S/c1-3-8(2)6-14-7-9-4-13-10(11)5-12-9/h4-5,8H,3,6-7H2,1-2H3,(H2,11,13). The van der Waals surface area contributed by atoms with Crippen molar-refractivity contribution >= 4 is 17.6 Å². The highest BCUT2D eigenvalue weighted by molar-refractivity contribution is 7.98. The molecule has 4 heteroatoms. The third-order valence-electron chi connectivity index (χ3n) is 2.07. The average molecular weight is 211 g/mol.